The molecule has 0 bridgehead atoms. The van der Waals surface area contributed by atoms with Crippen LogP contribution in [0.1, 0.15) is 41.6 Å². The van der Waals surface area contributed by atoms with Gasteiger partial charge in [0.05, 0.1) is 13.1 Å². The maximum Gasteiger partial charge on any atom is 0.238 e. The third-order valence-corrected chi connectivity index (χ3v) is 5.63. The van der Waals surface area contributed by atoms with Gasteiger partial charge in [0, 0.05) is 54.9 Å². The third-order valence-electron chi connectivity index (χ3n) is 5.63. The van der Waals surface area contributed by atoms with E-state index < -0.39 is 0 Å². The van der Waals surface area contributed by atoms with Crippen molar-refractivity contribution in [2.45, 2.75) is 33.7 Å². The normalized spacial score (nSPS) is 15.5. The van der Waals surface area contributed by atoms with Gasteiger partial charge in [-0.1, -0.05) is 0 Å². The largest absolute Gasteiger partial charge is 0.346 e. The lowest BCUT2D eigenvalue weighted by atomic mass is 10.1. The van der Waals surface area contributed by atoms with Gasteiger partial charge in [0.15, 0.2) is 5.78 Å². The van der Waals surface area contributed by atoms with Crippen LogP contribution in [-0.4, -0.2) is 65.3 Å². The minimum Gasteiger partial charge on any atom is -0.346 e. The highest BCUT2D eigenvalue weighted by atomic mass is 19.1. The monoisotopic (exact) mass is 414 g/mol. The second-order valence-electron chi connectivity index (χ2n) is 8.28. The average Bonchev–Trinajstić information content (AvgIpc) is 2.99. The molecule has 1 aliphatic rings. The van der Waals surface area contributed by atoms with Gasteiger partial charge in [-0.05, 0) is 58.0 Å². The number of halogens is 1. The number of hydrogen-bond acceptors (Lipinski definition) is 4. The van der Waals surface area contributed by atoms with Crippen molar-refractivity contribution in [3.05, 3.63) is 53.1 Å². The molecule has 1 saturated heterocycles. The van der Waals surface area contributed by atoms with Crippen molar-refractivity contribution in [3.8, 4) is 0 Å². The maximum atomic E-state index is 13.0. The SMILES string of the molecule is Cc1cc(C(=O)CN2CCN(CC(=O)Nc3ccc(F)cc3)CC2)c(C)n1C(C)C. The van der Waals surface area contributed by atoms with Gasteiger partial charge in [-0.2, -0.15) is 0 Å². The number of ketones is 1. The minimum absolute atomic E-state index is 0.118. The van der Waals surface area contributed by atoms with Crippen molar-refractivity contribution in [2.75, 3.05) is 44.6 Å². The molecule has 0 saturated carbocycles. The summed E-state index contributed by atoms with van der Waals surface area (Å²) in [6.45, 7) is 11.9. The summed E-state index contributed by atoms with van der Waals surface area (Å²) in [5.41, 5.74) is 3.54. The van der Waals surface area contributed by atoms with Gasteiger partial charge in [-0.15, -0.1) is 0 Å². The third kappa shape index (κ3) is 5.34. The van der Waals surface area contributed by atoms with Crippen molar-refractivity contribution < 1.29 is 14.0 Å². The molecule has 1 aliphatic heterocycles. The molecular formula is C23H31FN4O2. The Kier molecular flexibility index (Phi) is 7.05. The van der Waals surface area contributed by atoms with E-state index in [4.69, 9.17) is 0 Å². The van der Waals surface area contributed by atoms with Crippen molar-refractivity contribution in [3.63, 3.8) is 0 Å². The molecule has 3 rings (SSSR count). The first kappa shape index (κ1) is 22.2. The van der Waals surface area contributed by atoms with Crippen LogP contribution in [0.5, 0.6) is 0 Å². The molecule has 6 nitrogen and oxygen atoms in total. The van der Waals surface area contributed by atoms with Crippen molar-refractivity contribution in [1.82, 2.24) is 14.4 Å². The highest BCUT2D eigenvalue weighted by Crippen LogP contribution is 2.21. The highest BCUT2D eigenvalue weighted by Gasteiger charge is 2.23. The lowest BCUT2D eigenvalue weighted by molar-refractivity contribution is -0.117. The number of amides is 1. The fourth-order valence-electron chi connectivity index (χ4n) is 4.18. The fraction of sp³-hybridized carbons (Fsp3) is 0.478. The topological polar surface area (TPSA) is 57.6 Å². The Labute approximate surface area is 177 Å². The Morgan fingerprint density at radius 3 is 2.10 bits per heavy atom. The number of nitrogens with one attached hydrogen (secondary N) is 1. The number of Topliss-reactive ketones (excluding diaryl/α,β-unsaturated/α-hetero) is 1. The summed E-state index contributed by atoms with van der Waals surface area (Å²) in [6, 6.07) is 8.07. The van der Waals surface area contributed by atoms with Crippen molar-refractivity contribution in [2.24, 2.45) is 0 Å². The van der Waals surface area contributed by atoms with E-state index >= 15 is 0 Å². The van der Waals surface area contributed by atoms with Gasteiger partial charge < -0.3 is 9.88 Å². The standard InChI is InChI=1S/C23H31FN4O2/c1-16(2)28-17(3)13-21(18(28)4)22(29)14-26-9-11-27(12-10-26)15-23(30)25-20-7-5-19(24)6-8-20/h5-8,13,16H,9-12,14-15H2,1-4H3,(H,25,30). The van der Waals surface area contributed by atoms with Crippen molar-refractivity contribution in [1.29, 1.82) is 0 Å². The Morgan fingerprint density at radius 1 is 1.00 bits per heavy atom. The molecule has 0 atom stereocenters. The summed E-state index contributed by atoms with van der Waals surface area (Å²) in [6.07, 6.45) is 0. The molecule has 1 aromatic carbocycles. The molecule has 0 spiro atoms. The van der Waals surface area contributed by atoms with E-state index in [1.165, 1.54) is 12.1 Å². The van der Waals surface area contributed by atoms with E-state index in [2.05, 4.69) is 33.5 Å². The summed E-state index contributed by atoms with van der Waals surface area (Å²) >= 11 is 0. The number of aromatic nitrogens is 1. The number of anilines is 1. The molecule has 1 N–H and O–H groups in total. The van der Waals surface area contributed by atoms with E-state index in [1.54, 1.807) is 12.1 Å². The molecule has 2 heterocycles. The van der Waals surface area contributed by atoms with Crippen LogP contribution < -0.4 is 5.32 Å². The summed E-state index contributed by atoms with van der Waals surface area (Å²) in [4.78, 5) is 29.3. The number of carbonyl (C=O) groups excluding carboxylic acids is 2. The van der Waals surface area contributed by atoms with Crippen LogP contribution in [0.25, 0.3) is 0 Å². The van der Waals surface area contributed by atoms with Crippen LogP contribution in [-0.2, 0) is 4.79 Å². The van der Waals surface area contributed by atoms with Crippen LogP contribution in [0.3, 0.4) is 0 Å². The van der Waals surface area contributed by atoms with E-state index in [0.717, 1.165) is 43.1 Å². The van der Waals surface area contributed by atoms with Gasteiger partial charge in [0.1, 0.15) is 5.82 Å². The molecule has 1 fully saturated rings. The van der Waals surface area contributed by atoms with E-state index in [9.17, 15) is 14.0 Å². The van der Waals surface area contributed by atoms with Gasteiger partial charge in [-0.3, -0.25) is 19.4 Å². The zero-order valence-electron chi connectivity index (χ0n) is 18.2. The molecule has 0 radical (unpaired) electrons. The highest BCUT2D eigenvalue weighted by molar-refractivity contribution is 5.99. The van der Waals surface area contributed by atoms with E-state index in [0.29, 0.717) is 18.3 Å². The Morgan fingerprint density at radius 2 is 1.57 bits per heavy atom. The molecular weight excluding hydrogens is 383 g/mol. The number of nitrogens with zero attached hydrogens (tertiary/aromatic N) is 3. The first-order valence-electron chi connectivity index (χ1n) is 10.5. The lowest BCUT2D eigenvalue weighted by Gasteiger charge is -2.33. The lowest BCUT2D eigenvalue weighted by Crippen LogP contribution is -2.49. The number of rotatable bonds is 7. The minimum atomic E-state index is -0.329. The smallest absolute Gasteiger partial charge is 0.238 e. The molecule has 2 aromatic rings. The molecule has 30 heavy (non-hydrogen) atoms. The number of benzene rings is 1. The number of aryl methyl sites for hydroxylation is 1. The zero-order valence-corrected chi connectivity index (χ0v) is 18.2. The molecule has 7 heteroatoms. The quantitative estimate of drug-likeness (QED) is 0.707. The van der Waals surface area contributed by atoms with Gasteiger partial charge in [0.25, 0.3) is 0 Å². The zero-order chi connectivity index (χ0) is 21.8. The van der Waals surface area contributed by atoms with E-state index in [1.807, 2.05) is 19.9 Å². The second kappa shape index (κ2) is 9.53. The second-order valence-corrected chi connectivity index (χ2v) is 8.28. The Hall–Kier alpha value is -2.51. The van der Waals surface area contributed by atoms with Crippen LogP contribution in [0.4, 0.5) is 10.1 Å². The summed E-state index contributed by atoms with van der Waals surface area (Å²) < 4.78 is 15.2. The Balaban J connectivity index is 1.47. The predicted molar refractivity (Wildman–Crippen MR) is 117 cm³/mol. The summed E-state index contributed by atoms with van der Waals surface area (Å²) in [7, 11) is 0. The van der Waals surface area contributed by atoms with Crippen LogP contribution in [0, 0.1) is 19.7 Å². The molecule has 0 unspecified atom stereocenters. The number of piperazine rings is 1. The maximum absolute atomic E-state index is 13.0. The van der Waals surface area contributed by atoms with E-state index in [-0.39, 0.29) is 24.1 Å². The molecule has 0 aliphatic carbocycles. The van der Waals surface area contributed by atoms with Gasteiger partial charge in [0.2, 0.25) is 5.91 Å². The molecule has 1 amide bonds. The van der Waals surface area contributed by atoms with Crippen molar-refractivity contribution >= 4 is 17.4 Å². The number of carbonyl (C=O) groups is 2. The summed E-state index contributed by atoms with van der Waals surface area (Å²) in [5, 5.41) is 2.79. The molecule has 1 aromatic heterocycles. The van der Waals surface area contributed by atoms with Gasteiger partial charge in [-0.25, -0.2) is 4.39 Å². The predicted octanol–water partition coefficient (Wildman–Crippen LogP) is 3.26. The fourth-order valence-corrected chi connectivity index (χ4v) is 4.18. The average molecular weight is 415 g/mol. The first-order valence-corrected chi connectivity index (χ1v) is 10.5. The van der Waals surface area contributed by atoms with Gasteiger partial charge >= 0.3 is 0 Å². The summed E-state index contributed by atoms with van der Waals surface area (Å²) in [5.74, 6) is -0.297. The van der Waals surface area contributed by atoms with Crippen LogP contribution in [0.2, 0.25) is 0 Å². The molecule has 162 valence electrons. The number of hydrogen-bond donors (Lipinski definition) is 1. The van der Waals surface area contributed by atoms with Crippen LogP contribution in [0.15, 0.2) is 30.3 Å². The van der Waals surface area contributed by atoms with Crippen LogP contribution >= 0.6 is 0 Å². The Bertz CT molecular complexity index is 897. The first-order chi connectivity index (χ1) is 14.2.